The van der Waals surface area contributed by atoms with Gasteiger partial charge in [-0.15, -0.1) is 0 Å². The van der Waals surface area contributed by atoms with E-state index in [0.29, 0.717) is 17.8 Å². The third-order valence-corrected chi connectivity index (χ3v) is 6.10. The molecule has 0 atom stereocenters. The Bertz CT molecular complexity index is 1170. The number of carboxylic acids is 1. The van der Waals surface area contributed by atoms with Crippen molar-refractivity contribution in [1.82, 2.24) is 9.88 Å². The quantitative estimate of drug-likeness (QED) is 0.299. The van der Waals surface area contributed by atoms with Crippen LogP contribution in [0.4, 0.5) is 0 Å². The Morgan fingerprint density at radius 1 is 1.03 bits per heavy atom. The molecule has 166 valence electrons. The predicted molar refractivity (Wildman–Crippen MR) is 123 cm³/mol. The third kappa shape index (κ3) is 4.50. The summed E-state index contributed by atoms with van der Waals surface area (Å²) in [5.74, 6) is -1.19. The number of amides is 1. The van der Waals surface area contributed by atoms with Crippen LogP contribution in [0.1, 0.15) is 57.7 Å². The van der Waals surface area contributed by atoms with Crippen molar-refractivity contribution in [3.63, 3.8) is 0 Å². The van der Waals surface area contributed by atoms with Gasteiger partial charge in [0.1, 0.15) is 11.5 Å². The normalized spacial score (nSPS) is 18.4. The molecule has 32 heavy (non-hydrogen) atoms. The van der Waals surface area contributed by atoms with E-state index in [-0.39, 0.29) is 29.4 Å². The number of nitrogens with zero attached hydrogens (tertiary/aromatic N) is 1. The second-order valence-corrected chi connectivity index (χ2v) is 8.39. The zero-order valence-electron chi connectivity index (χ0n) is 17.7. The topological polar surface area (TPSA) is 147 Å². The van der Waals surface area contributed by atoms with Crippen LogP contribution in [0.15, 0.2) is 48.5 Å². The maximum Gasteiger partial charge on any atom is 0.335 e. The summed E-state index contributed by atoms with van der Waals surface area (Å²) in [6.45, 7) is 0.378. The summed E-state index contributed by atoms with van der Waals surface area (Å²) in [7, 11) is 0. The molecule has 8 nitrogen and oxygen atoms in total. The molecule has 1 saturated carbocycles. The van der Waals surface area contributed by atoms with E-state index in [2.05, 4.69) is 5.32 Å². The zero-order chi connectivity index (χ0) is 22.8. The number of carboxylic acid groups (broad SMARTS) is 1. The smallest absolute Gasteiger partial charge is 0.335 e. The number of hydrogen-bond acceptors (Lipinski definition) is 4. The first kappa shape index (κ1) is 21.6. The van der Waals surface area contributed by atoms with Gasteiger partial charge in [-0.25, -0.2) is 4.79 Å². The fraction of sp³-hybridized carbons (Fsp3) is 0.292. The lowest BCUT2D eigenvalue weighted by Crippen LogP contribution is -2.41. The molecule has 3 aromatic rings. The first-order valence-corrected chi connectivity index (χ1v) is 10.7. The van der Waals surface area contributed by atoms with Gasteiger partial charge in [0.15, 0.2) is 0 Å². The number of fused-ring (bicyclic) bond motifs is 1. The van der Waals surface area contributed by atoms with Gasteiger partial charge in [0.05, 0.1) is 5.56 Å². The Kier molecular flexibility index (Phi) is 5.96. The average Bonchev–Trinajstić information content (AvgIpc) is 3.13. The molecular weight excluding hydrogens is 406 g/mol. The number of carbonyl (C=O) groups is 2. The van der Waals surface area contributed by atoms with Crippen LogP contribution in [0, 0.1) is 5.41 Å². The number of benzene rings is 2. The summed E-state index contributed by atoms with van der Waals surface area (Å²) in [6.07, 6.45) is 3.51. The van der Waals surface area contributed by atoms with E-state index in [1.807, 2.05) is 16.7 Å². The van der Waals surface area contributed by atoms with Crippen molar-refractivity contribution in [2.24, 2.45) is 11.5 Å². The van der Waals surface area contributed by atoms with Crippen molar-refractivity contribution >= 4 is 28.6 Å². The van der Waals surface area contributed by atoms with Crippen LogP contribution in [0.3, 0.4) is 0 Å². The van der Waals surface area contributed by atoms with E-state index in [4.69, 9.17) is 22.0 Å². The molecule has 1 aromatic heterocycles. The van der Waals surface area contributed by atoms with Crippen molar-refractivity contribution in [3.8, 4) is 0 Å². The molecule has 1 aliphatic rings. The monoisotopic (exact) mass is 433 g/mol. The lowest BCUT2D eigenvalue weighted by Gasteiger charge is -2.27. The summed E-state index contributed by atoms with van der Waals surface area (Å²) in [4.78, 5) is 24.4. The summed E-state index contributed by atoms with van der Waals surface area (Å²) in [5, 5.41) is 20.9. The number of nitrogens with two attached hydrogens (primary N) is 2. The van der Waals surface area contributed by atoms with E-state index in [1.165, 1.54) is 0 Å². The van der Waals surface area contributed by atoms with Gasteiger partial charge in [-0.2, -0.15) is 0 Å². The van der Waals surface area contributed by atoms with Crippen LogP contribution in [0.5, 0.6) is 0 Å². The Morgan fingerprint density at radius 3 is 2.31 bits per heavy atom. The SMILES string of the molecule is N=C(N)c1ccc2cc(C(=O)NC3CCC(N)CC3)n(Cc3ccc(C(=O)O)cc3)c2c1. The van der Waals surface area contributed by atoms with Gasteiger partial charge in [0.2, 0.25) is 0 Å². The van der Waals surface area contributed by atoms with Crippen LogP contribution in [0.2, 0.25) is 0 Å². The lowest BCUT2D eigenvalue weighted by molar-refractivity contribution is 0.0696. The van der Waals surface area contributed by atoms with E-state index in [1.54, 1.807) is 36.4 Å². The lowest BCUT2D eigenvalue weighted by atomic mass is 9.92. The van der Waals surface area contributed by atoms with Crippen molar-refractivity contribution in [3.05, 3.63) is 70.9 Å². The van der Waals surface area contributed by atoms with Crippen molar-refractivity contribution in [2.75, 3.05) is 0 Å². The number of carbonyl (C=O) groups excluding carboxylic acids is 1. The Hall–Kier alpha value is -3.65. The number of nitrogens with one attached hydrogen (secondary N) is 2. The first-order chi connectivity index (χ1) is 15.3. The maximum atomic E-state index is 13.2. The molecule has 7 N–H and O–H groups in total. The molecule has 1 heterocycles. The van der Waals surface area contributed by atoms with Gasteiger partial charge in [0.25, 0.3) is 5.91 Å². The van der Waals surface area contributed by atoms with Gasteiger partial charge in [-0.3, -0.25) is 10.2 Å². The highest BCUT2D eigenvalue weighted by Crippen LogP contribution is 2.24. The molecule has 0 bridgehead atoms. The maximum absolute atomic E-state index is 13.2. The highest BCUT2D eigenvalue weighted by atomic mass is 16.4. The van der Waals surface area contributed by atoms with Crippen LogP contribution < -0.4 is 16.8 Å². The zero-order valence-corrected chi connectivity index (χ0v) is 17.7. The second-order valence-electron chi connectivity index (χ2n) is 8.39. The Balaban J connectivity index is 1.69. The molecule has 0 unspecified atom stereocenters. The van der Waals surface area contributed by atoms with E-state index in [9.17, 15) is 9.59 Å². The van der Waals surface area contributed by atoms with E-state index < -0.39 is 5.97 Å². The molecule has 1 aliphatic carbocycles. The molecule has 4 rings (SSSR count). The van der Waals surface area contributed by atoms with Gasteiger partial charge in [-0.05, 0) is 55.5 Å². The molecule has 0 spiro atoms. The fourth-order valence-corrected chi connectivity index (χ4v) is 4.24. The van der Waals surface area contributed by atoms with Crippen molar-refractivity contribution in [2.45, 2.75) is 44.3 Å². The number of rotatable bonds is 6. The number of aromatic nitrogens is 1. The molecule has 0 radical (unpaired) electrons. The van der Waals surface area contributed by atoms with Gasteiger partial charge < -0.3 is 26.5 Å². The van der Waals surface area contributed by atoms with E-state index >= 15 is 0 Å². The Morgan fingerprint density at radius 2 is 1.69 bits per heavy atom. The number of amidine groups is 1. The van der Waals surface area contributed by atoms with Gasteiger partial charge in [-0.1, -0.05) is 24.3 Å². The number of nitrogen functional groups attached to an aromatic ring is 1. The molecule has 1 fully saturated rings. The van der Waals surface area contributed by atoms with Crippen molar-refractivity contribution in [1.29, 1.82) is 5.41 Å². The van der Waals surface area contributed by atoms with Crippen molar-refractivity contribution < 1.29 is 14.7 Å². The number of aromatic carboxylic acids is 1. The third-order valence-electron chi connectivity index (χ3n) is 6.10. The summed E-state index contributed by atoms with van der Waals surface area (Å²) in [6, 6.07) is 14.2. The minimum atomic E-state index is -0.985. The minimum Gasteiger partial charge on any atom is -0.478 e. The predicted octanol–water partition coefficient (Wildman–Crippen LogP) is 2.67. The summed E-state index contributed by atoms with van der Waals surface area (Å²) in [5.41, 5.74) is 14.6. The van der Waals surface area contributed by atoms with Gasteiger partial charge in [0, 0.05) is 35.1 Å². The fourth-order valence-electron chi connectivity index (χ4n) is 4.24. The van der Waals surface area contributed by atoms with Crippen LogP contribution in [-0.2, 0) is 6.54 Å². The first-order valence-electron chi connectivity index (χ1n) is 10.7. The van der Waals surface area contributed by atoms with Gasteiger partial charge >= 0.3 is 5.97 Å². The van der Waals surface area contributed by atoms with Crippen LogP contribution in [0.25, 0.3) is 10.9 Å². The summed E-state index contributed by atoms with van der Waals surface area (Å²) >= 11 is 0. The minimum absolute atomic E-state index is 0.0463. The largest absolute Gasteiger partial charge is 0.478 e. The number of hydrogen-bond donors (Lipinski definition) is 5. The molecule has 2 aromatic carbocycles. The molecule has 8 heteroatoms. The summed E-state index contributed by atoms with van der Waals surface area (Å²) < 4.78 is 1.89. The second kappa shape index (κ2) is 8.84. The molecule has 1 amide bonds. The highest BCUT2D eigenvalue weighted by molar-refractivity contribution is 6.02. The Labute approximate surface area is 185 Å². The average molecular weight is 434 g/mol. The molecular formula is C24H27N5O3. The van der Waals surface area contributed by atoms with Crippen LogP contribution in [-0.4, -0.2) is 39.5 Å². The molecule has 0 saturated heterocycles. The standard InChI is InChI=1S/C24H27N5O3/c25-18-7-9-19(10-8-18)28-23(30)21-11-16-5-6-17(22(26)27)12-20(16)29(21)13-14-1-3-15(4-2-14)24(31)32/h1-6,11-12,18-19H,7-10,13,25H2,(H3,26,27)(H,28,30)(H,31,32). The molecule has 0 aliphatic heterocycles. The highest BCUT2D eigenvalue weighted by Gasteiger charge is 2.23. The van der Waals surface area contributed by atoms with E-state index in [0.717, 1.165) is 42.1 Å². The van der Waals surface area contributed by atoms with Crippen LogP contribution >= 0.6 is 0 Å².